The molecule has 6 nitrogen and oxygen atoms in total. The Kier molecular flexibility index (Phi) is 9.32. The van der Waals surface area contributed by atoms with Crippen LogP contribution in [0.2, 0.25) is 0 Å². The second kappa shape index (κ2) is 11.7. The number of amides is 2. The molecule has 0 aliphatic heterocycles. The second-order valence-corrected chi connectivity index (χ2v) is 9.72. The van der Waals surface area contributed by atoms with Crippen molar-refractivity contribution in [3.8, 4) is 11.5 Å². The Hall–Kier alpha value is -3.02. The first-order valence-electron chi connectivity index (χ1n) is 11.4. The number of benzene rings is 2. The third-order valence-electron chi connectivity index (χ3n) is 5.41. The molecule has 2 aromatic carbocycles. The predicted molar refractivity (Wildman–Crippen MR) is 131 cm³/mol. The van der Waals surface area contributed by atoms with E-state index in [2.05, 4.69) is 26.1 Å². The molecule has 6 heteroatoms. The van der Waals surface area contributed by atoms with Crippen LogP contribution in [0.3, 0.4) is 0 Å². The highest BCUT2D eigenvalue weighted by Crippen LogP contribution is 2.31. The minimum absolute atomic E-state index is 0.119. The van der Waals surface area contributed by atoms with E-state index < -0.39 is 6.04 Å². The maximum atomic E-state index is 13.3. The number of carbonyl (C=O) groups is 2. The van der Waals surface area contributed by atoms with E-state index in [1.165, 1.54) is 0 Å². The number of nitrogens with zero attached hydrogens (tertiary/aromatic N) is 1. The Morgan fingerprint density at radius 2 is 1.64 bits per heavy atom. The van der Waals surface area contributed by atoms with E-state index in [1.807, 2.05) is 62.4 Å². The highest BCUT2D eigenvalue weighted by molar-refractivity contribution is 5.88. The van der Waals surface area contributed by atoms with Crippen molar-refractivity contribution in [1.29, 1.82) is 0 Å². The fourth-order valence-corrected chi connectivity index (χ4v) is 3.40. The fraction of sp³-hybridized carbons (Fsp3) is 0.481. The quantitative estimate of drug-likeness (QED) is 0.571. The Bertz CT molecular complexity index is 916. The van der Waals surface area contributed by atoms with Crippen LogP contribution in [0.1, 0.15) is 52.7 Å². The average molecular weight is 455 g/mol. The van der Waals surface area contributed by atoms with Gasteiger partial charge in [0.25, 0.3) is 5.91 Å². The van der Waals surface area contributed by atoms with Gasteiger partial charge in [-0.2, -0.15) is 0 Å². The molecule has 0 radical (unpaired) electrons. The fourth-order valence-electron chi connectivity index (χ4n) is 3.40. The number of para-hydroxylation sites is 1. The summed E-state index contributed by atoms with van der Waals surface area (Å²) in [6.45, 7) is 12.8. The van der Waals surface area contributed by atoms with Crippen LogP contribution in [0, 0.1) is 5.92 Å². The van der Waals surface area contributed by atoms with E-state index in [9.17, 15) is 9.59 Å². The van der Waals surface area contributed by atoms with Crippen molar-refractivity contribution in [2.75, 3.05) is 20.3 Å². The standard InChI is InChI=1S/C27H38N2O4/c1-19(2)16-28-26(31)20(3)29(17-21-12-14-22(32-7)15-13-21)25(30)18-33-24-11-9-8-10-23(24)27(4,5)6/h8-15,19-20H,16-18H2,1-7H3,(H,28,31). The molecule has 1 unspecified atom stereocenters. The first-order chi connectivity index (χ1) is 15.5. The predicted octanol–water partition coefficient (Wildman–Crippen LogP) is 4.56. The first kappa shape index (κ1) is 26.2. The minimum Gasteiger partial charge on any atom is -0.497 e. The average Bonchev–Trinajstić information content (AvgIpc) is 2.78. The molecule has 0 aliphatic carbocycles. The second-order valence-electron chi connectivity index (χ2n) is 9.72. The van der Waals surface area contributed by atoms with Gasteiger partial charge in [-0.15, -0.1) is 0 Å². The molecule has 33 heavy (non-hydrogen) atoms. The zero-order valence-corrected chi connectivity index (χ0v) is 21.0. The molecule has 0 heterocycles. The highest BCUT2D eigenvalue weighted by atomic mass is 16.5. The molecular formula is C27H38N2O4. The zero-order valence-electron chi connectivity index (χ0n) is 21.0. The van der Waals surface area contributed by atoms with E-state index in [4.69, 9.17) is 9.47 Å². The molecule has 2 aromatic rings. The largest absolute Gasteiger partial charge is 0.497 e. The molecular weight excluding hydrogens is 416 g/mol. The minimum atomic E-state index is -0.639. The SMILES string of the molecule is COc1ccc(CN(C(=O)COc2ccccc2C(C)(C)C)C(C)C(=O)NCC(C)C)cc1. The summed E-state index contributed by atoms with van der Waals surface area (Å²) in [5.74, 6) is 1.31. The number of ether oxygens (including phenoxy) is 2. The van der Waals surface area contributed by atoms with Gasteiger partial charge in [0.1, 0.15) is 17.5 Å². The lowest BCUT2D eigenvalue weighted by atomic mass is 9.86. The first-order valence-corrected chi connectivity index (χ1v) is 11.4. The number of carbonyl (C=O) groups excluding carboxylic acids is 2. The van der Waals surface area contributed by atoms with Gasteiger partial charge in [-0.3, -0.25) is 9.59 Å². The number of methoxy groups -OCH3 is 1. The van der Waals surface area contributed by atoms with Crippen molar-refractivity contribution in [3.05, 3.63) is 59.7 Å². The summed E-state index contributed by atoms with van der Waals surface area (Å²) in [5, 5.41) is 2.93. The monoisotopic (exact) mass is 454 g/mol. The van der Waals surface area contributed by atoms with E-state index >= 15 is 0 Å². The topological polar surface area (TPSA) is 67.9 Å². The molecule has 0 bridgehead atoms. The van der Waals surface area contributed by atoms with Crippen LogP contribution in [0.15, 0.2) is 48.5 Å². The highest BCUT2D eigenvalue weighted by Gasteiger charge is 2.27. The van der Waals surface area contributed by atoms with Crippen molar-refractivity contribution in [3.63, 3.8) is 0 Å². The summed E-state index contributed by atoms with van der Waals surface area (Å²) in [4.78, 5) is 27.6. The van der Waals surface area contributed by atoms with E-state index in [1.54, 1.807) is 18.9 Å². The Morgan fingerprint density at radius 3 is 2.21 bits per heavy atom. The molecule has 2 rings (SSSR count). The Morgan fingerprint density at radius 1 is 1.00 bits per heavy atom. The van der Waals surface area contributed by atoms with Gasteiger partial charge < -0.3 is 19.7 Å². The Balaban J connectivity index is 2.20. The Labute approximate surface area is 198 Å². The summed E-state index contributed by atoms with van der Waals surface area (Å²) in [7, 11) is 1.61. The van der Waals surface area contributed by atoms with Crippen LogP contribution in [0.25, 0.3) is 0 Å². The third kappa shape index (κ3) is 7.81. The molecule has 0 aromatic heterocycles. The molecule has 0 saturated carbocycles. The van der Waals surface area contributed by atoms with Gasteiger partial charge in [0.05, 0.1) is 7.11 Å². The van der Waals surface area contributed by atoms with Gasteiger partial charge in [-0.25, -0.2) is 0 Å². The van der Waals surface area contributed by atoms with Crippen molar-refractivity contribution in [2.45, 2.75) is 59.5 Å². The number of hydrogen-bond donors (Lipinski definition) is 1. The summed E-state index contributed by atoms with van der Waals surface area (Å²) >= 11 is 0. The van der Waals surface area contributed by atoms with Crippen LogP contribution in [0.5, 0.6) is 11.5 Å². The molecule has 0 saturated heterocycles. The van der Waals surface area contributed by atoms with E-state index in [0.717, 1.165) is 16.9 Å². The lowest BCUT2D eigenvalue weighted by Gasteiger charge is -2.29. The van der Waals surface area contributed by atoms with Crippen molar-refractivity contribution >= 4 is 11.8 Å². The molecule has 1 N–H and O–H groups in total. The maximum Gasteiger partial charge on any atom is 0.261 e. The van der Waals surface area contributed by atoms with Crippen molar-refractivity contribution < 1.29 is 19.1 Å². The summed E-state index contributed by atoms with van der Waals surface area (Å²) in [5.41, 5.74) is 1.82. The van der Waals surface area contributed by atoms with Crippen LogP contribution < -0.4 is 14.8 Å². The van der Waals surface area contributed by atoms with Crippen LogP contribution in [-0.2, 0) is 21.5 Å². The van der Waals surface area contributed by atoms with Crippen LogP contribution in [0.4, 0.5) is 0 Å². The molecule has 1 atom stereocenters. The maximum absolute atomic E-state index is 13.3. The van der Waals surface area contributed by atoms with Gasteiger partial charge in [0, 0.05) is 13.1 Å². The van der Waals surface area contributed by atoms with Gasteiger partial charge in [0.2, 0.25) is 5.91 Å². The normalized spacial score (nSPS) is 12.2. The summed E-state index contributed by atoms with van der Waals surface area (Å²) in [6, 6.07) is 14.6. The smallest absolute Gasteiger partial charge is 0.261 e. The van der Waals surface area contributed by atoms with Crippen LogP contribution >= 0.6 is 0 Å². The lowest BCUT2D eigenvalue weighted by molar-refractivity contribution is -0.142. The lowest BCUT2D eigenvalue weighted by Crippen LogP contribution is -2.49. The zero-order chi connectivity index (χ0) is 24.6. The summed E-state index contributed by atoms with van der Waals surface area (Å²) < 4.78 is 11.2. The van der Waals surface area contributed by atoms with Crippen molar-refractivity contribution in [2.24, 2.45) is 5.92 Å². The molecule has 0 spiro atoms. The third-order valence-corrected chi connectivity index (χ3v) is 5.41. The number of rotatable bonds is 10. The van der Waals surface area contributed by atoms with Gasteiger partial charge in [-0.05, 0) is 47.6 Å². The van der Waals surface area contributed by atoms with Gasteiger partial charge >= 0.3 is 0 Å². The number of hydrogen-bond acceptors (Lipinski definition) is 4. The molecule has 180 valence electrons. The van der Waals surface area contributed by atoms with Gasteiger partial charge in [0.15, 0.2) is 6.61 Å². The van der Waals surface area contributed by atoms with Crippen LogP contribution in [-0.4, -0.2) is 43.0 Å². The molecule has 0 aliphatic rings. The molecule has 0 fully saturated rings. The van der Waals surface area contributed by atoms with E-state index in [0.29, 0.717) is 24.8 Å². The van der Waals surface area contributed by atoms with E-state index in [-0.39, 0.29) is 23.8 Å². The van der Waals surface area contributed by atoms with Crippen molar-refractivity contribution in [1.82, 2.24) is 10.2 Å². The molecule has 2 amide bonds. The van der Waals surface area contributed by atoms with Gasteiger partial charge in [-0.1, -0.05) is 65.0 Å². The number of nitrogens with one attached hydrogen (secondary N) is 1. The summed E-state index contributed by atoms with van der Waals surface area (Å²) in [6.07, 6.45) is 0.